The smallest absolute Gasteiger partial charge is 0.152 e. The number of hydrogen-bond donors (Lipinski definition) is 1. The summed E-state index contributed by atoms with van der Waals surface area (Å²) >= 11 is 0. The first kappa shape index (κ1) is 11.7. The number of nitrogens with one attached hydrogen (secondary N) is 1. The van der Waals surface area contributed by atoms with Crippen LogP contribution in [0.2, 0.25) is 0 Å². The molecule has 0 bridgehead atoms. The van der Waals surface area contributed by atoms with Crippen molar-refractivity contribution in [3.8, 4) is 0 Å². The van der Waals surface area contributed by atoms with Crippen molar-refractivity contribution in [2.24, 2.45) is 7.05 Å². The van der Waals surface area contributed by atoms with E-state index in [-0.39, 0.29) is 0 Å². The molecule has 6 nitrogen and oxygen atoms in total. The van der Waals surface area contributed by atoms with Gasteiger partial charge >= 0.3 is 0 Å². The molecule has 0 radical (unpaired) electrons. The van der Waals surface area contributed by atoms with Gasteiger partial charge in [-0.05, 0) is 19.9 Å². The van der Waals surface area contributed by atoms with Crippen LogP contribution in [-0.4, -0.2) is 24.4 Å². The number of anilines is 1. The molecule has 6 heteroatoms. The van der Waals surface area contributed by atoms with Crippen LogP contribution in [0.5, 0.6) is 0 Å². The topological polar surface area (TPSA) is 60.0 Å². The molecule has 0 unspecified atom stereocenters. The van der Waals surface area contributed by atoms with Crippen molar-refractivity contribution < 1.29 is 0 Å². The van der Waals surface area contributed by atoms with Gasteiger partial charge in [-0.25, -0.2) is 9.50 Å². The van der Waals surface area contributed by atoms with Crippen molar-refractivity contribution in [2.45, 2.75) is 20.4 Å². The molecule has 98 valence electrons. The minimum atomic E-state index is 0.712. The molecular formula is C13H16N6. The molecule has 0 aliphatic heterocycles. The Bertz CT molecular complexity index is 724. The standard InChI is InChI=1S/C13H16N6/c1-9-11(10(2)18(3)17-9)8-15-13-12-4-5-16-19(12)7-6-14-13/h4-7H,8H2,1-3H3,(H,14,15). The van der Waals surface area contributed by atoms with Crippen LogP contribution in [0.3, 0.4) is 0 Å². The third-order valence-corrected chi connectivity index (χ3v) is 3.42. The second-order valence-corrected chi connectivity index (χ2v) is 4.56. The van der Waals surface area contributed by atoms with Crippen LogP contribution in [-0.2, 0) is 13.6 Å². The third-order valence-electron chi connectivity index (χ3n) is 3.42. The average molecular weight is 256 g/mol. The molecule has 0 aliphatic rings. The summed E-state index contributed by atoms with van der Waals surface area (Å²) in [5, 5.41) is 12.0. The molecule has 0 amide bonds. The summed E-state index contributed by atoms with van der Waals surface area (Å²) in [6.07, 6.45) is 5.34. The first-order chi connectivity index (χ1) is 9.16. The summed E-state index contributed by atoms with van der Waals surface area (Å²) in [7, 11) is 1.96. The lowest BCUT2D eigenvalue weighted by atomic mass is 10.2. The number of hydrogen-bond acceptors (Lipinski definition) is 4. The number of aryl methyl sites for hydroxylation is 2. The average Bonchev–Trinajstić information content (AvgIpc) is 2.95. The Balaban J connectivity index is 1.88. The van der Waals surface area contributed by atoms with Crippen molar-refractivity contribution in [3.63, 3.8) is 0 Å². The zero-order chi connectivity index (χ0) is 13.4. The lowest BCUT2D eigenvalue weighted by Crippen LogP contribution is -2.05. The summed E-state index contributed by atoms with van der Waals surface area (Å²) in [5.41, 5.74) is 4.41. The molecule has 0 aliphatic carbocycles. The Labute approximate surface area is 111 Å². The summed E-state index contributed by atoms with van der Waals surface area (Å²) in [6.45, 7) is 4.81. The molecule has 1 N–H and O–H groups in total. The second kappa shape index (κ2) is 4.38. The van der Waals surface area contributed by atoms with Crippen LogP contribution in [0.25, 0.3) is 5.52 Å². The van der Waals surface area contributed by atoms with E-state index in [1.807, 2.05) is 30.9 Å². The van der Waals surface area contributed by atoms with E-state index >= 15 is 0 Å². The highest BCUT2D eigenvalue weighted by molar-refractivity contribution is 5.66. The monoisotopic (exact) mass is 256 g/mol. The van der Waals surface area contributed by atoms with Crippen LogP contribution < -0.4 is 5.32 Å². The van der Waals surface area contributed by atoms with Gasteiger partial charge in [-0.15, -0.1) is 0 Å². The van der Waals surface area contributed by atoms with Gasteiger partial charge in [0.1, 0.15) is 5.52 Å². The SMILES string of the molecule is Cc1nn(C)c(C)c1CNc1nccn2nccc12. The predicted molar refractivity (Wildman–Crippen MR) is 73.0 cm³/mol. The fraction of sp³-hybridized carbons (Fsp3) is 0.308. The molecule has 3 rings (SSSR count). The molecule has 3 aromatic rings. The van der Waals surface area contributed by atoms with Crippen LogP contribution in [0.15, 0.2) is 24.7 Å². The van der Waals surface area contributed by atoms with E-state index in [2.05, 4.69) is 27.4 Å². The largest absolute Gasteiger partial charge is 0.364 e. The lowest BCUT2D eigenvalue weighted by molar-refractivity contribution is 0.730. The van der Waals surface area contributed by atoms with Crippen molar-refractivity contribution in [1.29, 1.82) is 0 Å². The minimum absolute atomic E-state index is 0.712. The van der Waals surface area contributed by atoms with E-state index in [9.17, 15) is 0 Å². The zero-order valence-electron chi connectivity index (χ0n) is 11.3. The number of aromatic nitrogens is 5. The van der Waals surface area contributed by atoms with Crippen molar-refractivity contribution >= 4 is 11.3 Å². The van der Waals surface area contributed by atoms with Gasteiger partial charge < -0.3 is 5.32 Å². The van der Waals surface area contributed by atoms with E-state index in [4.69, 9.17) is 0 Å². The highest BCUT2D eigenvalue weighted by atomic mass is 15.3. The summed E-state index contributed by atoms with van der Waals surface area (Å²) < 4.78 is 3.71. The number of rotatable bonds is 3. The Morgan fingerprint density at radius 3 is 2.84 bits per heavy atom. The predicted octanol–water partition coefficient (Wildman–Crippen LogP) is 1.69. The van der Waals surface area contributed by atoms with Crippen molar-refractivity contribution in [1.82, 2.24) is 24.4 Å². The van der Waals surface area contributed by atoms with Gasteiger partial charge in [0.2, 0.25) is 0 Å². The van der Waals surface area contributed by atoms with Crippen LogP contribution in [0, 0.1) is 13.8 Å². The maximum Gasteiger partial charge on any atom is 0.152 e. The van der Waals surface area contributed by atoms with Gasteiger partial charge in [0.15, 0.2) is 5.82 Å². The quantitative estimate of drug-likeness (QED) is 0.774. The molecule has 0 aromatic carbocycles. The Morgan fingerprint density at radius 2 is 2.11 bits per heavy atom. The zero-order valence-corrected chi connectivity index (χ0v) is 11.3. The molecule has 19 heavy (non-hydrogen) atoms. The highest BCUT2D eigenvalue weighted by Gasteiger charge is 2.10. The van der Waals surface area contributed by atoms with Gasteiger partial charge in [0, 0.05) is 37.2 Å². The first-order valence-electron chi connectivity index (χ1n) is 6.18. The Kier molecular flexibility index (Phi) is 2.70. The second-order valence-electron chi connectivity index (χ2n) is 4.56. The Morgan fingerprint density at radius 1 is 1.26 bits per heavy atom. The van der Waals surface area contributed by atoms with Crippen molar-refractivity contribution in [2.75, 3.05) is 5.32 Å². The molecule has 0 saturated heterocycles. The van der Waals surface area contributed by atoms with Gasteiger partial charge in [-0.3, -0.25) is 4.68 Å². The molecule has 0 atom stereocenters. The summed E-state index contributed by atoms with van der Waals surface area (Å²) in [5.74, 6) is 0.836. The van der Waals surface area contributed by atoms with Crippen molar-refractivity contribution in [3.05, 3.63) is 41.6 Å². The number of fused-ring (bicyclic) bond motifs is 1. The molecule has 3 heterocycles. The highest BCUT2D eigenvalue weighted by Crippen LogP contribution is 2.16. The molecule has 0 spiro atoms. The summed E-state index contributed by atoms with van der Waals surface area (Å²) in [4.78, 5) is 4.36. The maximum absolute atomic E-state index is 4.41. The van der Waals surface area contributed by atoms with Gasteiger partial charge in [-0.1, -0.05) is 0 Å². The van der Waals surface area contributed by atoms with E-state index in [1.54, 1.807) is 16.9 Å². The fourth-order valence-electron chi connectivity index (χ4n) is 2.24. The molecule has 0 fully saturated rings. The van der Waals surface area contributed by atoms with E-state index < -0.39 is 0 Å². The molecule has 0 saturated carbocycles. The lowest BCUT2D eigenvalue weighted by Gasteiger charge is -2.07. The van der Waals surface area contributed by atoms with E-state index in [0.717, 1.165) is 17.0 Å². The maximum atomic E-state index is 4.41. The van der Waals surface area contributed by atoms with Gasteiger partial charge in [-0.2, -0.15) is 10.2 Å². The Hall–Kier alpha value is -2.37. The first-order valence-corrected chi connectivity index (χ1v) is 6.18. The number of nitrogens with zero attached hydrogens (tertiary/aromatic N) is 5. The molecular weight excluding hydrogens is 240 g/mol. The van der Waals surface area contributed by atoms with Gasteiger partial charge in [0.05, 0.1) is 11.9 Å². The van der Waals surface area contributed by atoms with E-state index in [0.29, 0.717) is 6.54 Å². The van der Waals surface area contributed by atoms with E-state index in [1.165, 1.54) is 11.3 Å². The normalized spacial score (nSPS) is 11.1. The van der Waals surface area contributed by atoms with Crippen LogP contribution in [0.1, 0.15) is 17.0 Å². The minimum Gasteiger partial charge on any atom is -0.364 e. The fourth-order valence-corrected chi connectivity index (χ4v) is 2.24. The molecule has 3 aromatic heterocycles. The van der Waals surface area contributed by atoms with Crippen LogP contribution >= 0.6 is 0 Å². The third kappa shape index (κ3) is 1.95. The summed E-state index contributed by atoms with van der Waals surface area (Å²) in [6, 6.07) is 1.94. The van der Waals surface area contributed by atoms with Crippen LogP contribution in [0.4, 0.5) is 5.82 Å². The van der Waals surface area contributed by atoms with Gasteiger partial charge in [0.25, 0.3) is 0 Å².